The molecular formula is C21H21NO3. The zero-order valence-corrected chi connectivity index (χ0v) is 14.6. The molecule has 0 aliphatic rings. The maximum absolute atomic E-state index is 11.9. The van der Waals surface area contributed by atoms with Crippen molar-refractivity contribution in [3.05, 3.63) is 79.6 Å². The lowest BCUT2D eigenvalue weighted by atomic mass is 9.91. The van der Waals surface area contributed by atoms with Crippen molar-refractivity contribution in [1.82, 2.24) is 0 Å². The van der Waals surface area contributed by atoms with E-state index in [1.807, 2.05) is 44.2 Å². The number of aryl methyl sites for hydroxylation is 1. The van der Waals surface area contributed by atoms with Gasteiger partial charge in [0.15, 0.2) is 0 Å². The molecule has 25 heavy (non-hydrogen) atoms. The van der Waals surface area contributed by atoms with Crippen LogP contribution in [0.5, 0.6) is 5.75 Å². The van der Waals surface area contributed by atoms with Gasteiger partial charge < -0.3 is 10.5 Å². The van der Waals surface area contributed by atoms with Crippen LogP contribution in [0.2, 0.25) is 0 Å². The largest absolute Gasteiger partial charge is 0.493 e. The second-order valence-corrected chi connectivity index (χ2v) is 6.45. The lowest BCUT2D eigenvalue weighted by molar-refractivity contribution is 0.294. The van der Waals surface area contributed by atoms with Crippen molar-refractivity contribution in [3.63, 3.8) is 0 Å². The summed E-state index contributed by atoms with van der Waals surface area (Å²) in [6, 6.07) is 13.9. The van der Waals surface area contributed by atoms with Gasteiger partial charge in [0.25, 0.3) is 0 Å². The first kappa shape index (κ1) is 17.0. The van der Waals surface area contributed by atoms with E-state index in [1.165, 1.54) is 5.56 Å². The average molecular weight is 335 g/mol. The van der Waals surface area contributed by atoms with Gasteiger partial charge >= 0.3 is 0 Å². The Labute approximate surface area is 146 Å². The smallest absolute Gasteiger partial charge is 0.249 e. The minimum atomic E-state index is -0.599. The van der Waals surface area contributed by atoms with Crippen molar-refractivity contribution in [3.8, 4) is 16.9 Å². The molecule has 0 bridgehead atoms. The highest BCUT2D eigenvalue weighted by atomic mass is 16.5. The lowest BCUT2D eigenvalue weighted by Crippen LogP contribution is -2.36. The van der Waals surface area contributed by atoms with Gasteiger partial charge in [-0.15, -0.1) is 0 Å². The molecule has 0 saturated heterocycles. The standard InChI is InChI=1S/C21H21NO3/c1-12-9-10-16(25-11-13(2)15-7-5-4-6-8-15)14(3)17(12)18-19(22)21(24)20(18)23/h4-10,13H,11,22H2,1-3H3. The van der Waals surface area contributed by atoms with Crippen LogP contribution in [0.1, 0.15) is 29.5 Å². The van der Waals surface area contributed by atoms with Crippen LogP contribution in [-0.4, -0.2) is 6.61 Å². The first-order valence-corrected chi connectivity index (χ1v) is 8.29. The molecule has 128 valence electrons. The molecule has 4 nitrogen and oxygen atoms in total. The summed E-state index contributed by atoms with van der Waals surface area (Å²) in [5.74, 6) is 0.942. The Morgan fingerprint density at radius 2 is 1.64 bits per heavy atom. The minimum Gasteiger partial charge on any atom is -0.493 e. The zero-order valence-electron chi connectivity index (χ0n) is 14.6. The summed E-state index contributed by atoms with van der Waals surface area (Å²) < 4.78 is 6.01. The predicted octanol–water partition coefficient (Wildman–Crippen LogP) is 3.33. The summed E-state index contributed by atoms with van der Waals surface area (Å²) in [7, 11) is 0. The molecule has 3 aromatic rings. The van der Waals surface area contributed by atoms with E-state index in [-0.39, 0.29) is 11.6 Å². The molecular weight excluding hydrogens is 314 g/mol. The number of hydrogen-bond acceptors (Lipinski definition) is 4. The molecule has 4 heteroatoms. The van der Waals surface area contributed by atoms with Crippen molar-refractivity contribution < 1.29 is 4.74 Å². The Bertz CT molecular complexity index is 983. The lowest BCUT2D eigenvalue weighted by Gasteiger charge is -2.19. The fourth-order valence-corrected chi connectivity index (χ4v) is 3.12. The van der Waals surface area contributed by atoms with Crippen LogP contribution in [0.15, 0.2) is 52.1 Å². The van der Waals surface area contributed by atoms with Crippen LogP contribution in [0.3, 0.4) is 0 Å². The summed E-state index contributed by atoms with van der Waals surface area (Å²) in [5.41, 5.74) is 8.65. The van der Waals surface area contributed by atoms with Crippen molar-refractivity contribution in [2.45, 2.75) is 26.7 Å². The van der Waals surface area contributed by atoms with Gasteiger partial charge in [-0.05, 0) is 42.2 Å². The molecule has 1 atom stereocenters. The average Bonchev–Trinajstić information content (AvgIpc) is 2.64. The molecule has 0 spiro atoms. The number of nitrogens with two attached hydrogens (primary N) is 1. The normalized spacial score (nSPS) is 12.3. The first-order chi connectivity index (χ1) is 11.9. The van der Waals surface area contributed by atoms with Crippen molar-refractivity contribution in [1.29, 1.82) is 0 Å². The highest BCUT2D eigenvalue weighted by Crippen LogP contribution is 2.34. The number of benzene rings is 2. The minimum absolute atomic E-state index is 0.0472. The summed E-state index contributed by atoms with van der Waals surface area (Å²) in [6.07, 6.45) is 0. The van der Waals surface area contributed by atoms with Crippen molar-refractivity contribution in [2.24, 2.45) is 0 Å². The van der Waals surface area contributed by atoms with E-state index in [2.05, 4.69) is 19.1 Å². The van der Waals surface area contributed by atoms with Crippen LogP contribution in [0, 0.1) is 13.8 Å². The topological polar surface area (TPSA) is 69.4 Å². The Hall–Kier alpha value is -2.88. The van der Waals surface area contributed by atoms with E-state index in [0.717, 1.165) is 11.1 Å². The Kier molecular flexibility index (Phi) is 4.45. The number of rotatable bonds is 5. The molecule has 0 amide bonds. The molecule has 0 aliphatic carbocycles. The van der Waals surface area contributed by atoms with Gasteiger partial charge in [-0.1, -0.05) is 43.3 Å². The Morgan fingerprint density at radius 1 is 0.960 bits per heavy atom. The third kappa shape index (κ3) is 2.95. The fraction of sp³-hybridized carbons (Fsp3) is 0.238. The molecule has 0 heterocycles. The summed E-state index contributed by atoms with van der Waals surface area (Å²) >= 11 is 0. The molecule has 1 unspecified atom stereocenters. The third-order valence-electron chi connectivity index (χ3n) is 4.68. The van der Waals surface area contributed by atoms with Gasteiger partial charge in [-0.2, -0.15) is 0 Å². The molecule has 3 aromatic carbocycles. The Balaban J connectivity index is 1.88. The van der Waals surface area contributed by atoms with Gasteiger partial charge in [0, 0.05) is 5.92 Å². The number of hydrogen-bond donors (Lipinski definition) is 1. The maximum Gasteiger partial charge on any atom is 0.249 e. The molecule has 0 radical (unpaired) electrons. The van der Waals surface area contributed by atoms with Gasteiger partial charge in [-0.3, -0.25) is 9.59 Å². The second-order valence-electron chi connectivity index (χ2n) is 6.45. The summed E-state index contributed by atoms with van der Waals surface area (Å²) in [5, 5.41) is 0. The van der Waals surface area contributed by atoms with Crippen LogP contribution in [-0.2, 0) is 0 Å². The van der Waals surface area contributed by atoms with E-state index in [9.17, 15) is 9.59 Å². The van der Waals surface area contributed by atoms with E-state index >= 15 is 0 Å². The highest BCUT2D eigenvalue weighted by molar-refractivity contribution is 5.85. The summed E-state index contributed by atoms with van der Waals surface area (Å²) in [6.45, 7) is 6.42. The zero-order chi connectivity index (χ0) is 18.1. The summed E-state index contributed by atoms with van der Waals surface area (Å²) in [4.78, 5) is 23.4. The number of nitrogen functional groups attached to an aromatic ring is 1. The van der Waals surface area contributed by atoms with E-state index < -0.39 is 10.9 Å². The van der Waals surface area contributed by atoms with Gasteiger partial charge in [-0.25, -0.2) is 0 Å². The molecule has 3 rings (SSSR count). The molecule has 0 aromatic heterocycles. The predicted molar refractivity (Wildman–Crippen MR) is 101 cm³/mol. The van der Waals surface area contributed by atoms with Crippen molar-refractivity contribution in [2.75, 3.05) is 12.3 Å². The number of anilines is 1. The number of ether oxygens (including phenoxy) is 1. The SMILES string of the molecule is Cc1ccc(OCC(C)c2ccccc2)c(C)c1-c1c(N)c(=O)c1=O. The van der Waals surface area contributed by atoms with Crippen LogP contribution < -0.4 is 21.3 Å². The maximum atomic E-state index is 11.9. The van der Waals surface area contributed by atoms with E-state index in [0.29, 0.717) is 23.5 Å². The van der Waals surface area contributed by atoms with Gasteiger partial charge in [0.2, 0.25) is 10.9 Å². The van der Waals surface area contributed by atoms with Gasteiger partial charge in [0.05, 0.1) is 17.9 Å². The Morgan fingerprint density at radius 3 is 2.28 bits per heavy atom. The quantitative estimate of drug-likeness (QED) is 0.726. The fourth-order valence-electron chi connectivity index (χ4n) is 3.12. The highest BCUT2D eigenvalue weighted by Gasteiger charge is 2.24. The third-order valence-corrected chi connectivity index (χ3v) is 4.68. The molecule has 0 fully saturated rings. The molecule has 0 aliphatic heterocycles. The van der Waals surface area contributed by atoms with Crippen LogP contribution in [0.4, 0.5) is 5.69 Å². The van der Waals surface area contributed by atoms with Crippen molar-refractivity contribution >= 4 is 5.69 Å². The van der Waals surface area contributed by atoms with Crippen LogP contribution >= 0.6 is 0 Å². The van der Waals surface area contributed by atoms with E-state index in [4.69, 9.17) is 10.5 Å². The first-order valence-electron chi connectivity index (χ1n) is 8.29. The van der Waals surface area contributed by atoms with Gasteiger partial charge in [0.1, 0.15) is 5.75 Å². The van der Waals surface area contributed by atoms with E-state index in [1.54, 1.807) is 0 Å². The second kappa shape index (κ2) is 6.55. The molecule has 0 saturated carbocycles. The monoisotopic (exact) mass is 335 g/mol. The van der Waals surface area contributed by atoms with Crippen LogP contribution in [0.25, 0.3) is 11.1 Å². The molecule has 2 N–H and O–H groups in total.